The molecule has 0 saturated heterocycles. The summed E-state index contributed by atoms with van der Waals surface area (Å²) in [5.41, 5.74) is 0.147. The summed E-state index contributed by atoms with van der Waals surface area (Å²) in [6.45, 7) is 1.80. The Balaban J connectivity index is 1.54. The van der Waals surface area contributed by atoms with Crippen LogP contribution >= 0.6 is 23.4 Å². The molecule has 30 heavy (non-hydrogen) atoms. The molecule has 0 saturated carbocycles. The van der Waals surface area contributed by atoms with Crippen molar-refractivity contribution >= 4 is 23.4 Å². The predicted molar refractivity (Wildman–Crippen MR) is 103 cm³/mol. The number of hydrogen-bond donors (Lipinski definition) is 0. The third kappa shape index (κ3) is 4.31. The first-order chi connectivity index (χ1) is 14.3. The second kappa shape index (κ2) is 8.07. The first-order valence-corrected chi connectivity index (χ1v) is 9.79. The van der Waals surface area contributed by atoms with Crippen LogP contribution in [0.4, 0.5) is 13.2 Å². The van der Waals surface area contributed by atoms with E-state index in [0.29, 0.717) is 15.9 Å². The average Bonchev–Trinajstić information content (AvgIpc) is 3.38. The fraction of sp³-hybridized carbons (Fsp3) is 0.167. The van der Waals surface area contributed by atoms with Crippen LogP contribution in [0.2, 0.25) is 5.02 Å². The third-order valence-corrected chi connectivity index (χ3v) is 5.30. The minimum Gasteiger partial charge on any atom is -0.338 e. The van der Waals surface area contributed by atoms with Gasteiger partial charge in [-0.3, -0.25) is 0 Å². The smallest absolute Gasteiger partial charge is 0.338 e. The van der Waals surface area contributed by atoms with Gasteiger partial charge in [-0.2, -0.15) is 22.8 Å². The van der Waals surface area contributed by atoms with Gasteiger partial charge in [0.1, 0.15) is 0 Å². The van der Waals surface area contributed by atoms with Crippen molar-refractivity contribution in [2.24, 2.45) is 0 Å². The van der Waals surface area contributed by atoms with Gasteiger partial charge in [0.15, 0.2) is 0 Å². The van der Waals surface area contributed by atoms with Gasteiger partial charge in [-0.25, -0.2) is 0 Å². The zero-order valence-corrected chi connectivity index (χ0v) is 16.8. The van der Waals surface area contributed by atoms with Crippen LogP contribution in [0.5, 0.6) is 0 Å². The normalized spacial score (nSPS) is 12.8. The molecule has 2 heterocycles. The molecule has 0 aliphatic heterocycles. The van der Waals surface area contributed by atoms with Crippen molar-refractivity contribution in [3.8, 4) is 17.1 Å². The summed E-state index contributed by atoms with van der Waals surface area (Å²) >= 11 is 7.17. The van der Waals surface area contributed by atoms with E-state index in [1.54, 1.807) is 31.2 Å². The number of aromatic nitrogens is 6. The number of alkyl halides is 3. The van der Waals surface area contributed by atoms with E-state index in [1.807, 2.05) is 0 Å². The predicted octanol–water partition coefficient (Wildman–Crippen LogP) is 5.24. The van der Waals surface area contributed by atoms with Gasteiger partial charge in [0.25, 0.3) is 0 Å². The van der Waals surface area contributed by atoms with E-state index in [0.717, 1.165) is 12.1 Å². The number of nitrogens with zero attached hydrogens (tertiary/aromatic N) is 6. The molecule has 0 bridgehead atoms. The maximum absolute atomic E-state index is 12.9. The molecule has 4 rings (SSSR count). The Labute approximate surface area is 177 Å². The maximum Gasteiger partial charge on any atom is 0.416 e. The number of benzene rings is 2. The van der Waals surface area contributed by atoms with Gasteiger partial charge in [0, 0.05) is 10.6 Å². The Morgan fingerprint density at radius 1 is 1.13 bits per heavy atom. The lowest BCUT2D eigenvalue weighted by molar-refractivity contribution is -0.137. The molecule has 0 spiro atoms. The first kappa shape index (κ1) is 20.4. The van der Waals surface area contributed by atoms with Crippen molar-refractivity contribution in [1.29, 1.82) is 0 Å². The molecule has 7 nitrogen and oxygen atoms in total. The Hall–Kier alpha value is -2.92. The van der Waals surface area contributed by atoms with E-state index in [9.17, 15) is 13.2 Å². The molecule has 0 fully saturated rings. The Morgan fingerprint density at radius 2 is 1.90 bits per heavy atom. The van der Waals surface area contributed by atoms with Crippen LogP contribution in [-0.4, -0.2) is 30.3 Å². The summed E-state index contributed by atoms with van der Waals surface area (Å²) in [6, 6.07) is 11.7. The van der Waals surface area contributed by atoms with Crippen LogP contribution in [0, 0.1) is 0 Å². The molecule has 1 unspecified atom stereocenters. The van der Waals surface area contributed by atoms with Gasteiger partial charge < -0.3 is 4.52 Å². The fourth-order valence-corrected chi connectivity index (χ4v) is 3.52. The molecule has 0 radical (unpaired) electrons. The van der Waals surface area contributed by atoms with Crippen LogP contribution in [0.1, 0.15) is 23.6 Å². The molecule has 2 aromatic heterocycles. The molecule has 0 aliphatic rings. The molecule has 0 amide bonds. The number of thioether (sulfide) groups is 1. The lowest BCUT2D eigenvalue weighted by Gasteiger charge is -2.07. The summed E-state index contributed by atoms with van der Waals surface area (Å²) in [5.74, 6) is 0.305. The fourth-order valence-electron chi connectivity index (χ4n) is 2.56. The SMILES string of the molecule is CC(Sc1nnnn1-c1ccc(Cl)cc1)c1nc(-c2cccc(C(F)(F)F)c2)no1. The minimum atomic E-state index is -4.45. The quantitative estimate of drug-likeness (QED) is 0.383. The van der Waals surface area contributed by atoms with Gasteiger partial charge in [0.05, 0.1) is 16.5 Å². The summed E-state index contributed by atoms with van der Waals surface area (Å²) in [7, 11) is 0. The Kier molecular flexibility index (Phi) is 5.48. The molecule has 0 N–H and O–H groups in total. The van der Waals surface area contributed by atoms with Gasteiger partial charge >= 0.3 is 6.18 Å². The van der Waals surface area contributed by atoms with E-state index < -0.39 is 11.7 Å². The molecular weight excluding hydrogens is 441 g/mol. The van der Waals surface area contributed by atoms with Gasteiger partial charge in [0.2, 0.25) is 16.9 Å². The van der Waals surface area contributed by atoms with Crippen LogP contribution < -0.4 is 0 Å². The highest BCUT2D eigenvalue weighted by molar-refractivity contribution is 7.99. The molecule has 154 valence electrons. The molecule has 12 heteroatoms. The van der Waals surface area contributed by atoms with Gasteiger partial charge in [-0.05, 0) is 53.7 Å². The third-order valence-electron chi connectivity index (χ3n) is 4.03. The number of rotatable bonds is 5. The molecule has 0 aliphatic carbocycles. The Morgan fingerprint density at radius 3 is 2.63 bits per heavy atom. The Bertz CT molecular complexity index is 1160. The molecule has 1 atom stereocenters. The van der Waals surface area contributed by atoms with E-state index in [1.165, 1.54) is 28.6 Å². The van der Waals surface area contributed by atoms with E-state index in [-0.39, 0.29) is 22.5 Å². The van der Waals surface area contributed by atoms with Crippen molar-refractivity contribution < 1.29 is 17.7 Å². The number of tetrazole rings is 1. The van der Waals surface area contributed by atoms with Crippen molar-refractivity contribution in [2.75, 3.05) is 0 Å². The average molecular weight is 453 g/mol. The summed E-state index contributed by atoms with van der Waals surface area (Å²) in [5, 5.41) is 16.2. The lowest BCUT2D eigenvalue weighted by atomic mass is 10.1. The number of hydrogen-bond acceptors (Lipinski definition) is 7. The van der Waals surface area contributed by atoms with Crippen molar-refractivity contribution in [3.63, 3.8) is 0 Å². The summed E-state index contributed by atoms with van der Waals surface area (Å²) in [6.07, 6.45) is -4.45. The van der Waals surface area contributed by atoms with Crippen LogP contribution in [0.25, 0.3) is 17.1 Å². The zero-order chi connectivity index (χ0) is 21.3. The van der Waals surface area contributed by atoms with Gasteiger partial charge in [-0.1, -0.05) is 40.7 Å². The highest BCUT2D eigenvalue weighted by atomic mass is 35.5. The zero-order valence-electron chi connectivity index (χ0n) is 15.2. The minimum absolute atomic E-state index is 0.0702. The van der Waals surface area contributed by atoms with Crippen LogP contribution in [0.3, 0.4) is 0 Å². The van der Waals surface area contributed by atoms with E-state index in [4.69, 9.17) is 16.1 Å². The molecule has 4 aromatic rings. The van der Waals surface area contributed by atoms with Crippen molar-refractivity contribution in [3.05, 3.63) is 65.0 Å². The van der Waals surface area contributed by atoms with Crippen molar-refractivity contribution in [1.82, 2.24) is 30.3 Å². The van der Waals surface area contributed by atoms with Crippen LogP contribution in [0.15, 0.2) is 58.2 Å². The topological polar surface area (TPSA) is 82.5 Å². The largest absolute Gasteiger partial charge is 0.416 e. The monoisotopic (exact) mass is 452 g/mol. The second-order valence-electron chi connectivity index (χ2n) is 6.14. The van der Waals surface area contributed by atoms with Gasteiger partial charge in [-0.15, -0.1) is 5.10 Å². The van der Waals surface area contributed by atoms with Crippen LogP contribution in [-0.2, 0) is 6.18 Å². The first-order valence-electron chi connectivity index (χ1n) is 8.53. The number of halogens is 4. The maximum atomic E-state index is 12.9. The van der Waals surface area contributed by atoms with Crippen molar-refractivity contribution in [2.45, 2.75) is 23.5 Å². The lowest BCUT2D eigenvalue weighted by Crippen LogP contribution is -2.04. The standard InChI is InChI=1S/C18H12ClF3N6OS/c1-10(30-17-24-26-27-28(17)14-7-5-13(19)6-8-14)16-23-15(25-29-16)11-3-2-4-12(9-11)18(20,21)22/h2-10H,1H3. The second-order valence-corrected chi connectivity index (χ2v) is 7.89. The highest BCUT2D eigenvalue weighted by Crippen LogP contribution is 2.35. The van der Waals surface area contributed by atoms with E-state index in [2.05, 4.69) is 25.7 Å². The molecule has 2 aromatic carbocycles. The highest BCUT2D eigenvalue weighted by Gasteiger charge is 2.31. The summed E-state index contributed by atoms with van der Waals surface area (Å²) < 4.78 is 45.6. The van der Waals surface area contributed by atoms with E-state index >= 15 is 0 Å². The summed E-state index contributed by atoms with van der Waals surface area (Å²) in [4.78, 5) is 4.24. The molecular formula is C18H12ClF3N6OS.